The molecule has 1 heterocycles. The van der Waals surface area contributed by atoms with Crippen molar-refractivity contribution in [2.45, 2.75) is 20.1 Å². The third kappa shape index (κ3) is 3.54. The van der Waals surface area contributed by atoms with Crippen molar-refractivity contribution < 1.29 is 4.74 Å². The summed E-state index contributed by atoms with van der Waals surface area (Å²) >= 11 is 1.68. The fourth-order valence-electron chi connectivity index (χ4n) is 1.60. The summed E-state index contributed by atoms with van der Waals surface area (Å²) in [4.78, 5) is 4.42. The molecule has 0 atom stereocenters. The molecular formula is C13H16N2OS. The first kappa shape index (κ1) is 12.1. The van der Waals surface area contributed by atoms with Gasteiger partial charge in [0.2, 0.25) is 0 Å². The summed E-state index contributed by atoms with van der Waals surface area (Å²) in [6.07, 6.45) is 0. The van der Waals surface area contributed by atoms with Gasteiger partial charge in [-0.15, -0.1) is 11.3 Å². The van der Waals surface area contributed by atoms with Crippen LogP contribution in [-0.4, -0.2) is 12.1 Å². The molecule has 4 heteroatoms. The molecular weight excluding hydrogens is 232 g/mol. The summed E-state index contributed by atoms with van der Waals surface area (Å²) in [6, 6.07) is 8.25. The van der Waals surface area contributed by atoms with Crippen LogP contribution in [0, 0.1) is 6.92 Å². The van der Waals surface area contributed by atoms with Crippen LogP contribution < -0.4 is 5.32 Å². The van der Waals surface area contributed by atoms with E-state index in [1.54, 1.807) is 18.4 Å². The van der Waals surface area contributed by atoms with Crippen molar-refractivity contribution in [1.29, 1.82) is 0 Å². The number of rotatable bonds is 5. The number of ether oxygens (including phenoxy) is 1. The highest BCUT2D eigenvalue weighted by Gasteiger charge is 1.99. The largest absolute Gasteiger partial charge is 0.380 e. The van der Waals surface area contributed by atoms with Crippen LogP contribution >= 0.6 is 11.3 Å². The highest BCUT2D eigenvalue weighted by atomic mass is 32.1. The molecule has 0 bridgehead atoms. The van der Waals surface area contributed by atoms with E-state index in [1.165, 1.54) is 5.56 Å². The lowest BCUT2D eigenvalue weighted by Crippen LogP contribution is -1.99. The molecule has 2 rings (SSSR count). The molecule has 90 valence electrons. The Bertz CT molecular complexity index is 482. The van der Waals surface area contributed by atoms with Gasteiger partial charge in [0.1, 0.15) is 5.01 Å². The smallest absolute Gasteiger partial charge is 0.112 e. The van der Waals surface area contributed by atoms with Crippen LogP contribution in [0.2, 0.25) is 0 Å². The highest BCUT2D eigenvalue weighted by Crippen LogP contribution is 2.14. The van der Waals surface area contributed by atoms with Gasteiger partial charge in [-0.25, -0.2) is 4.98 Å². The number of nitrogens with one attached hydrogen (secondary N) is 1. The summed E-state index contributed by atoms with van der Waals surface area (Å²) in [5, 5.41) is 6.54. The summed E-state index contributed by atoms with van der Waals surface area (Å²) in [7, 11) is 1.71. The maximum atomic E-state index is 5.11. The number of benzene rings is 1. The van der Waals surface area contributed by atoms with Gasteiger partial charge >= 0.3 is 0 Å². The molecule has 0 amide bonds. The van der Waals surface area contributed by atoms with Gasteiger partial charge in [-0.1, -0.05) is 12.1 Å². The third-order valence-electron chi connectivity index (χ3n) is 2.35. The standard InChI is InChI=1S/C13H16N2OS/c1-10-9-17-13(15-10)7-14-12-5-3-4-11(6-12)8-16-2/h3-6,9,14H,7-8H2,1-2H3. The van der Waals surface area contributed by atoms with Crippen molar-refractivity contribution in [3.8, 4) is 0 Å². The molecule has 0 aliphatic carbocycles. The van der Waals surface area contributed by atoms with Gasteiger partial charge in [0.15, 0.2) is 0 Å². The maximum absolute atomic E-state index is 5.11. The first-order valence-corrected chi connectivity index (χ1v) is 6.38. The molecule has 3 nitrogen and oxygen atoms in total. The number of nitrogens with zero attached hydrogens (tertiary/aromatic N) is 1. The summed E-state index contributed by atoms with van der Waals surface area (Å²) in [6.45, 7) is 3.43. The van der Waals surface area contributed by atoms with Gasteiger partial charge in [-0.3, -0.25) is 0 Å². The Kier molecular flexibility index (Phi) is 4.12. The predicted molar refractivity (Wildman–Crippen MR) is 71.3 cm³/mol. The number of methoxy groups -OCH3 is 1. The molecule has 1 aromatic heterocycles. The minimum Gasteiger partial charge on any atom is -0.380 e. The Morgan fingerprint density at radius 2 is 2.29 bits per heavy atom. The summed E-state index contributed by atoms with van der Waals surface area (Å²) < 4.78 is 5.11. The molecule has 0 fully saturated rings. The highest BCUT2D eigenvalue weighted by molar-refractivity contribution is 7.09. The Morgan fingerprint density at radius 1 is 1.41 bits per heavy atom. The van der Waals surface area contributed by atoms with E-state index in [4.69, 9.17) is 4.74 Å². The van der Waals surface area contributed by atoms with Crippen LogP contribution in [-0.2, 0) is 17.9 Å². The Hall–Kier alpha value is -1.39. The maximum Gasteiger partial charge on any atom is 0.112 e. The molecule has 2 aromatic rings. The van der Waals surface area contributed by atoms with E-state index >= 15 is 0 Å². The molecule has 0 saturated heterocycles. The Balaban J connectivity index is 1.96. The van der Waals surface area contributed by atoms with Crippen molar-refractivity contribution >= 4 is 17.0 Å². The normalized spacial score (nSPS) is 10.5. The topological polar surface area (TPSA) is 34.1 Å². The minimum atomic E-state index is 0.645. The lowest BCUT2D eigenvalue weighted by Gasteiger charge is -2.06. The second-order valence-electron chi connectivity index (χ2n) is 3.87. The second kappa shape index (κ2) is 5.80. The molecule has 0 aliphatic heterocycles. The number of thiazole rings is 1. The van der Waals surface area contributed by atoms with Crippen LogP contribution in [0.5, 0.6) is 0 Å². The fraction of sp³-hybridized carbons (Fsp3) is 0.308. The first-order valence-electron chi connectivity index (χ1n) is 5.50. The van der Waals surface area contributed by atoms with Crippen molar-refractivity contribution in [3.63, 3.8) is 0 Å². The van der Waals surface area contributed by atoms with E-state index in [0.717, 1.165) is 22.9 Å². The fourth-order valence-corrected chi connectivity index (χ4v) is 2.31. The average Bonchev–Trinajstić information content (AvgIpc) is 2.74. The zero-order chi connectivity index (χ0) is 12.1. The molecule has 0 radical (unpaired) electrons. The molecule has 17 heavy (non-hydrogen) atoms. The number of hydrogen-bond acceptors (Lipinski definition) is 4. The SMILES string of the molecule is COCc1cccc(NCc2nc(C)cs2)c1. The molecule has 0 spiro atoms. The number of aryl methyl sites for hydroxylation is 1. The van der Waals surface area contributed by atoms with Crippen molar-refractivity contribution in [3.05, 3.63) is 45.9 Å². The zero-order valence-corrected chi connectivity index (χ0v) is 10.9. The third-order valence-corrected chi connectivity index (χ3v) is 3.31. The molecule has 0 unspecified atom stereocenters. The van der Waals surface area contributed by atoms with E-state index in [9.17, 15) is 0 Å². The summed E-state index contributed by atoms with van der Waals surface area (Å²) in [5.41, 5.74) is 3.36. The van der Waals surface area contributed by atoms with Gasteiger partial charge in [-0.2, -0.15) is 0 Å². The van der Waals surface area contributed by atoms with E-state index in [2.05, 4.69) is 33.9 Å². The van der Waals surface area contributed by atoms with E-state index in [1.807, 2.05) is 13.0 Å². The van der Waals surface area contributed by atoms with E-state index in [-0.39, 0.29) is 0 Å². The summed E-state index contributed by atoms with van der Waals surface area (Å²) in [5.74, 6) is 0. The van der Waals surface area contributed by atoms with Crippen LogP contribution in [0.3, 0.4) is 0 Å². The number of aromatic nitrogens is 1. The van der Waals surface area contributed by atoms with E-state index < -0.39 is 0 Å². The quantitative estimate of drug-likeness (QED) is 0.882. The van der Waals surface area contributed by atoms with Crippen LogP contribution in [0.15, 0.2) is 29.6 Å². The van der Waals surface area contributed by atoms with Gasteiger partial charge < -0.3 is 10.1 Å². The van der Waals surface area contributed by atoms with Crippen molar-refractivity contribution in [2.24, 2.45) is 0 Å². The average molecular weight is 248 g/mol. The van der Waals surface area contributed by atoms with Gasteiger partial charge in [0, 0.05) is 23.9 Å². The predicted octanol–water partition coefficient (Wildman–Crippen LogP) is 3.21. The number of anilines is 1. The van der Waals surface area contributed by atoms with Crippen molar-refractivity contribution in [2.75, 3.05) is 12.4 Å². The molecule has 1 aromatic carbocycles. The molecule has 0 saturated carbocycles. The molecule has 0 aliphatic rings. The van der Waals surface area contributed by atoms with Gasteiger partial charge in [0.05, 0.1) is 13.2 Å². The Morgan fingerprint density at radius 3 is 3.00 bits per heavy atom. The Labute approximate surface area is 105 Å². The van der Waals surface area contributed by atoms with Crippen molar-refractivity contribution in [1.82, 2.24) is 4.98 Å². The van der Waals surface area contributed by atoms with Gasteiger partial charge in [0.25, 0.3) is 0 Å². The van der Waals surface area contributed by atoms with Crippen LogP contribution in [0.1, 0.15) is 16.3 Å². The van der Waals surface area contributed by atoms with E-state index in [0.29, 0.717) is 6.61 Å². The molecule has 1 N–H and O–H groups in total. The van der Waals surface area contributed by atoms with Crippen LogP contribution in [0.4, 0.5) is 5.69 Å². The lowest BCUT2D eigenvalue weighted by atomic mass is 10.2. The second-order valence-corrected chi connectivity index (χ2v) is 4.81. The lowest BCUT2D eigenvalue weighted by molar-refractivity contribution is 0.185. The monoisotopic (exact) mass is 248 g/mol. The van der Waals surface area contributed by atoms with Gasteiger partial charge in [-0.05, 0) is 24.6 Å². The zero-order valence-electron chi connectivity index (χ0n) is 10.1. The first-order chi connectivity index (χ1) is 8.28. The minimum absolute atomic E-state index is 0.645. The number of hydrogen-bond donors (Lipinski definition) is 1. The van der Waals surface area contributed by atoms with Crippen LogP contribution in [0.25, 0.3) is 0 Å².